The molecule has 4 bridgehead atoms. The molecule has 1 heteroatoms. The van der Waals surface area contributed by atoms with Gasteiger partial charge in [0, 0.05) is 12.6 Å². The molecule has 5 aliphatic rings. The minimum atomic E-state index is 1.01. The van der Waals surface area contributed by atoms with Crippen molar-refractivity contribution in [3.8, 4) is 0 Å². The summed E-state index contributed by atoms with van der Waals surface area (Å²) in [6.45, 7) is 1.44. The van der Waals surface area contributed by atoms with E-state index >= 15 is 0 Å². The molecule has 0 radical (unpaired) electrons. The molecular formula is C14H21N. The van der Waals surface area contributed by atoms with Gasteiger partial charge in [0.2, 0.25) is 0 Å². The van der Waals surface area contributed by atoms with Crippen molar-refractivity contribution in [3.05, 3.63) is 0 Å². The summed E-state index contributed by atoms with van der Waals surface area (Å²) in [6.07, 6.45) is 6.40. The van der Waals surface area contributed by atoms with E-state index in [2.05, 4.69) is 11.9 Å². The SMILES string of the molecule is CN1CC2CC1C1C3CC(C4CCC43)C21. The molecule has 4 aliphatic carbocycles. The average Bonchev–Trinajstić information content (AvgIpc) is 2.78. The van der Waals surface area contributed by atoms with Crippen molar-refractivity contribution in [1.82, 2.24) is 4.90 Å². The summed E-state index contributed by atoms with van der Waals surface area (Å²) in [4.78, 5) is 2.69. The highest BCUT2D eigenvalue weighted by molar-refractivity contribution is 5.18. The van der Waals surface area contributed by atoms with Gasteiger partial charge in [0.1, 0.15) is 0 Å². The number of piperidine rings is 1. The standard InChI is InChI=1S/C14H21N/c1-15-6-7-4-12(15)14-11-5-10(13(7)14)8-2-3-9(8)11/h7-14H,2-6H2,1H3. The number of hydrogen-bond acceptors (Lipinski definition) is 1. The number of likely N-dealkylation sites (tertiary alicyclic amines) is 1. The van der Waals surface area contributed by atoms with Gasteiger partial charge in [-0.2, -0.15) is 0 Å². The fourth-order valence-corrected chi connectivity index (χ4v) is 6.74. The van der Waals surface area contributed by atoms with Gasteiger partial charge in [0.25, 0.3) is 0 Å². The van der Waals surface area contributed by atoms with Crippen LogP contribution in [0.5, 0.6) is 0 Å². The van der Waals surface area contributed by atoms with Gasteiger partial charge < -0.3 is 4.90 Å². The van der Waals surface area contributed by atoms with E-state index in [0.29, 0.717) is 0 Å². The van der Waals surface area contributed by atoms with Crippen LogP contribution in [0.15, 0.2) is 0 Å². The second kappa shape index (κ2) is 2.30. The monoisotopic (exact) mass is 203 g/mol. The van der Waals surface area contributed by atoms with Crippen molar-refractivity contribution in [2.45, 2.75) is 31.7 Å². The van der Waals surface area contributed by atoms with Crippen LogP contribution in [0.2, 0.25) is 0 Å². The van der Waals surface area contributed by atoms with Crippen LogP contribution in [0.4, 0.5) is 0 Å². The molecule has 1 aliphatic heterocycles. The molecule has 5 rings (SSSR count). The Morgan fingerprint density at radius 1 is 0.867 bits per heavy atom. The molecular weight excluding hydrogens is 182 g/mol. The molecule has 4 saturated carbocycles. The van der Waals surface area contributed by atoms with Gasteiger partial charge in [0.05, 0.1) is 0 Å². The number of hydrogen-bond donors (Lipinski definition) is 0. The van der Waals surface area contributed by atoms with Gasteiger partial charge >= 0.3 is 0 Å². The predicted octanol–water partition coefficient (Wildman–Crippen LogP) is 2.23. The smallest absolute Gasteiger partial charge is 0.0129 e. The van der Waals surface area contributed by atoms with Gasteiger partial charge in [-0.1, -0.05) is 0 Å². The lowest BCUT2D eigenvalue weighted by molar-refractivity contribution is -0.0198. The van der Waals surface area contributed by atoms with Crippen LogP contribution in [0, 0.1) is 41.4 Å². The molecule has 0 aromatic heterocycles. The summed E-state index contributed by atoms with van der Waals surface area (Å²) in [7, 11) is 2.38. The van der Waals surface area contributed by atoms with Crippen LogP contribution in [0.25, 0.3) is 0 Å². The second-order valence-electron chi connectivity index (χ2n) is 7.13. The number of fused-ring (bicyclic) bond motifs is 12. The molecule has 0 N–H and O–H groups in total. The van der Waals surface area contributed by atoms with Gasteiger partial charge in [-0.25, -0.2) is 0 Å². The third kappa shape index (κ3) is 0.712. The zero-order chi connectivity index (χ0) is 9.73. The van der Waals surface area contributed by atoms with E-state index in [9.17, 15) is 0 Å². The highest BCUT2D eigenvalue weighted by atomic mass is 15.2. The molecule has 8 atom stereocenters. The molecule has 0 spiro atoms. The molecule has 1 heterocycles. The Balaban J connectivity index is 1.58. The number of nitrogens with zero attached hydrogens (tertiary/aromatic N) is 1. The maximum Gasteiger partial charge on any atom is 0.0129 e. The molecule has 82 valence electrons. The zero-order valence-electron chi connectivity index (χ0n) is 9.60. The molecule has 1 nitrogen and oxygen atoms in total. The topological polar surface area (TPSA) is 3.24 Å². The fourth-order valence-electron chi connectivity index (χ4n) is 6.74. The Morgan fingerprint density at radius 3 is 2.33 bits per heavy atom. The third-order valence-electron chi connectivity index (χ3n) is 7.08. The normalized spacial score (nSPS) is 69.4. The predicted molar refractivity (Wildman–Crippen MR) is 59.3 cm³/mol. The first kappa shape index (κ1) is 8.11. The summed E-state index contributed by atoms with van der Waals surface area (Å²) in [5.41, 5.74) is 0. The maximum absolute atomic E-state index is 2.69. The van der Waals surface area contributed by atoms with Gasteiger partial charge in [-0.15, -0.1) is 0 Å². The Bertz CT molecular complexity index is 325. The zero-order valence-corrected chi connectivity index (χ0v) is 9.60. The molecule has 0 aromatic rings. The van der Waals surface area contributed by atoms with Crippen molar-refractivity contribution < 1.29 is 0 Å². The van der Waals surface area contributed by atoms with E-state index in [-0.39, 0.29) is 0 Å². The maximum atomic E-state index is 2.69. The largest absolute Gasteiger partial charge is 0.303 e. The van der Waals surface area contributed by atoms with Crippen LogP contribution < -0.4 is 0 Å². The third-order valence-corrected chi connectivity index (χ3v) is 7.08. The Kier molecular flexibility index (Phi) is 1.24. The van der Waals surface area contributed by atoms with Crippen LogP contribution in [0.1, 0.15) is 25.7 Å². The Labute approximate surface area is 92.2 Å². The Hall–Kier alpha value is -0.0400. The highest BCUT2D eigenvalue weighted by Crippen LogP contribution is 2.71. The summed E-state index contributed by atoms with van der Waals surface area (Å²) in [5.74, 6) is 8.24. The first-order valence-corrected chi connectivity index (χ1v) is 7.05. The quantitative estimate of drug-likeness (QED) is 0.546. The number of rotatable bonds is 0. The molecule has 1 saturated heterocycles. The van der Waals surface area contributed by atoms with Crippen molar-refractivity contribution in [3.63, 3.8) is 0 Å². The molecule has 15 heavy (non-hydrogen) atoms. The van der Waals surface area contributed by atoms with E-state index in [1.165, 1.54) is 36.1 Å². The van der Waals surface area contributed by atoms with Crippen LogP contribution in [-0.4, -0.2) is 24.5 Å². The molecule has 0 aromatic carbocycles. The van der Waals surface area contributed by atoms with E-state index in [1.54, 1.807) is 25.7 Å². The lowest BCUT2D eigenvalue weighted by Gasteiger charge is -2.50. The summed E-state index contributed by atoms with van der Waals surface area (Å²) >= 11 is 0. The van der Waals surface area contributed by atoms with Gasteiger partial charge in [0.15, 0.2) is 0 Å². The average molecular weight is 203 g/mol. The molecule has 5 fully saturated rings. The minimum absolute atomic E-state index is 1.01. The van der Waals surface area contributed by atoms with E-state index < -0.39 is 0 Å². The summed E-state index contributed by atoms with van der Waals surface area (Å²) < 4.78 is 0. The molecule has 8 unspecified atom stereocenters. The Morgan fingerprint density at radius 2 is 1.60 bits per heavy atom. The molecule has 0 amide bonds. The lowest BCUT2D eigenvalue weighted by Crippen LogP contribution is -2.49. The first-order chi connectivity index (χ1) is 7.34. The van der Waals surface area contributed by atoms with Gasteiger partial charge in [-0.3, -0.25) is 0 Å². The summed E-state index contributed by atoms with van der Waals surface area (Å²) in [6, 6.07) is 1.01. The first-order valence-electron chi connectivity index (χ1n) is 7.05. The van der Waals surface area contributed by atoms with Crippen LogP contribution in [0.3, 0.4) is 0 Å². The fraction of sp³-hybridized carbons (Fsp3) is 1.00. The van der Waals surface area contributed by atoms with Crippen molar-refractivity contribution in [2.24, 2.45) is 41.4 Å². The van der Waals surface area contributed by atoms with E-state index in [4.69, 9.17) is 0 Å². The van der Waals surface area contributed by atoms with Crippen molar-refractivity contribution >= 4 is 0 Å². The summed E-state index contributed by atoms with van der Waals surface area (Å²) in [5, 5.41) is 0. The van der Waals surface area contributed by atoms with Crippen molar-refractivity contribution in [1.29, 1.82) is 0 Å². The van der Waals surface area contributed by atoms with Gasteiger partial charge in [-0.05, 0) is 74.2 Å². The van der Waals surface area contributed by atoms with E-state index in [0.717, 1.165) is 17.9 Å². The van der Waals surface area contributed by atoms with Crippen LogP contribution >= 0.6 is 0 Å². The minimum Gasteiger partial charge on any atom is -0.303 e. The van der Waals surface area contributed by atoms with E-state index in [1.807, 2.05) is 0 Å². The second-order valence-corrected chi connectivity index (χ2v) is 7.13. The lowest BCUT2D eigenvalue weighted by atomic mass is 9.58. The van der Waals surface area contributed by atoms with Crippen LogP contribution in [-0.2, 0) is 0 Å². The van der Waals surface area contributed by atoms with Crippen molar-refractivity contribution in [2.75, 3.05) is 13.6 Å². The highest BCUT2D eigenvalue weighted by Gasteiger charge is 2.68.